The molecule has 1 amide bonds. The second-order valence-electron chi connectivity index (χ2n) is 6.59. The molecule has 1 unspecified atom stereocenters. The lowest BCUT2D eigenvalue weighted by molar-refractivity contribution is -0.115. The Kier molecular flexibility index (Phi) is 13.3. The van der Waals surface area contributed by atoms with Crippen molar-refractivity contribution in [3.63, 3.8) is 0 Å². The van der Waals surface area contributed by atoms with Crippen molar-refractivity contribution in [2.45, 2.75) is 59.8 Å². The molecule has 7 heteroatoms. The molecule has 0 spiro atoms. The Labute approximate surface area is 205 Å². The average Bonchev–Trinajstić information content (AvgIpc) is 3.28. The number of aromatic nitrogens is 1. The molecular weight excluding hydrogens is 464 g/mol. The summed E-state index contributed by atoms with van der Waals surface area (Å²) in [5.74, 6) is 0.412. The van der Waals surface area contributed by atoms with Gasteiger partial charge in [0.2, 0.25) is 6.41 Å². The number of benzene rings is 1. The Morgan fingerprint density at radius 3 is 2.55 bits per heavy atom. The fourth-order valence-corrected chi connectivity index (χ4v) is 5.92. The Balaban J connectivity index is 0.00000233. The van der Waals surface area contributed by atoms with Crippen LogP contribution in [0.1, 0.15) is 58.5 Å². The molecule has 0 aliphatic rings. The van der Waals surface area contributed by atoms with Gasteiger partial charge in [0.1, 0.15) is 5.01 Å². The van der Waals surface area contributed by atoms with E-state index in [0.29, 0.717) is 12.5 Å². The fourth-order valence-electron chi connectivity index (χ4n) is 2.62. The van der Waals surface area contributed by atoms with Crippen LogP contribution in [-0.4, -0.2) is 22.8 Å². The van der Waals surface area contributed by atoms with E-state index in [-0.39, 0.29) is 0 Å². The molecular formula is C24H33ClN2OS3. The highest BCUT2D eigenvalue weighted by Crippen LogP contribution is 2.43. The molecule has 0 aliphatic heterocycles. The summed E-state index contributed by atoms with van der Waals surface area (Å²) in [6.07, 6.45) is 5.70. The number of carbonyl (C=O) groups is 1. The van der Waals surface area contributed by atoms with Gasteiger partial charge in [-0.15, -0.1) is 11.3 Å². The highest BCUT2D eigenvalue weighted by atomic mass is 35.5. The van der Waals surface area contributed by atoms with Gasteiger partial charge in [-0.2, -0.15) is 0 Å². The zero-order valence-corrected chi connectivity index (χ0v) is 22.6. The van der Waals surface area contributed by atoms with Crippen molar-refractivity contribution >= 4 is 58.9 Å². The molecule has 1 aromatic carbocycles. The maximum absolute atomic E-state index is 11.6. The first-order chi connectivity index (χ1) is 14.9. The highest BCUT2D eigenvalue weighted by Gasteiger charge is 2.17. The summed E-state index contributed by atoms with van der Waals surface area (Å²) in [4.78, 5) is 21.4. The maximum Gasteiger partial charge on any atom is 0.214 e. The summed E-state index contributed by atoms with van der Waals surface area (Å²) >= 11 is 11.1. The van der Waals surface area contributed by atoms with Crippen LogP contribution in [0.4, 0.5) is 0 Å². The summed E-state index contributed by atoms with van der Waals surface area (Å²) < 4.78 is 0. The van der Waals surface area contributed by atoms with Gasteiger partial charge < -0.3 is 4.90 Å². The van der Waals surface area contributed by atoms with Crippen LogP contribution in [0, 0.1) is 12.8 Å². The number of amides is 1. The Bertz CT molecular complexity index is 879. The minimum absolute atomic E-state index is 0.412. The predicted octanol–water partition coefficient (Wildman–Crippen LogP) is 8.71. The lowest BCUT2D eigenvalue weighted by Gasteiger charge is -2.22. The number of thiazole rings is 1. The standard InChI is InChI=1S/C22H27ClN2OS3.C2H6/c1-6-15(3)22(29-19-9-8-18(23)12-16(19)4)17(5)28-21(25(7-2)14-26)13-20-24-10-11-27-20;1-2/h8-15H,6-7H2,1-5H3;1-2H3/b21-13-,22-17+;. The van der Waals surface area contributed by atoms with Crippen molar-refractivity contribution in [1.82, 2.24) is 9.88 Å². The van der Waals surface area contributed by atoms with E-state index in [1.807, 2.05) is 44.4 Å². The van der Waals surface area contributed by atoms with Crippen LogP contribution in [0.25, 0.3) is 6.08 Å². The Morgan fingerprint density at radius 2 is 2.03 bits per heavy atom. The quantitative estimate of drug-likeness (QED) is 0.243. The highest BCUT2D eigenvalue weighted by molar-refractivity contribution is 8.09. The monoisotopic (exact) mass is 496 g/mol. The third-order valence-corrected chi connectivity index (χ3v) is 8.25. The number of thioether (sulfide) groups is 2. The molecule has 0 aliphatic carbocycles. The Morgan fingerprint density at radius 1 is 1.32 bits per heavy atom. The molecule has 1 atom stereocenters. The molecule has 0 saturated carbocycles. The van der Waals surface area contributed by atoms with Gasteiger partial charge in [-0.25, -0.2) is 4.98 Å². The number of rotatable bonds is 10. The lowest BCUT2D eigenvalue weighted by atomic mass is 10.1. The van der Waals surface area contributed by atoms with E-state index in [2.05, 4.69) is 38.7 Å². The van der Waals surface area contributed by atoms with E-state index in [9.17, 15) is 4.79 Å². The van der Waals surface area contributed by atoms with E-state index in [1.54, 1.807) is 46.0 Å². The number of hydrogen-bond acceptors (Lipinski definition) is 5. The van der Waals surface area contributed by atoms with Gasteiger partial charge >= 0.3 is 0 Å². The van der Waals surface area contributed by atoms with E-state index in [1.165, 1.54) is 20.3 Å². The normalized spacial score (nSPS) is 13.1. The fraction of sp³-hybridized carbons (Fsp3) is 0.417. The third-order valence-electron chi connectivity index (χ3n) is 4.47. The van der Waals surface area contributed by atoms with Crippen LogP contribution < -0.4 is 0 Å². The van der Waals surface area contributed by atoms with E-state index in [0.717, 1.165) is 27.9 Å². The van der Waals surface area contributed by atoms with Gasteiger partial charge in [-0.05, 0) is 61.8 Å². The van der Waals surface area contributed by atoms with Crippen LogP contribution in [0.2, 0.25) is 5.02 Å². The zero-order chi connectivity index (χ0) is 23.4. The molecule has 0 radical (unpaired) electrons. The number of aryl methyl sites for hydroxylation is 1. The minimum atomic E-state index is 0.412. The molecule has 1 heterocycles. The van der Waals surface area contributed by atoms with Crippen LogP contribution in [0.5, 0.6) is 0 Å². The smallest absolute Gasteiger partial charge is 0.214 e. The van der Waals surface area contributed by atoms with Crippen molar-refractivity contribution in [2.75, 3.05) is 6.54 Å². The van der Waals surface area contributed by atoms with Crippen molar-refractivity contribution in [1.29, 1.82) is 0 Å². The molecule has 1 aromatic heterocycles. The predicted molar refractivity (Wildman–Crippen MR) is 142 cm³/mol. The zero-order valence-electron chi connectivity index (χ0n) is 19.4. The number of nitrogens with zero attached hydrogens (tertiary/aromatic N) is 2. The van der Waals surface area contributed by atoms with Gasteiger partial charge in [-0.1, -0.05) is 62.8 Å². The molecule has 3 nitrogen and oxygen atoms in total. The first-order valence-electron chi connectivity index (χ1n) is 10.5. The summed E-state index contributed by atoms with van der Waals surface area (Å²) in [6.45, 7) is 15.3. The SMILES string of the molecule is CC.CCC(C)/C(Sc1ccc(Cl)cc1C)=C(/C)S/C(=C\c1nccs1)N(C=O)CC. The lowest BCUT2D eigenvalue weighted by Crippen LogP contribution is -2.19. The third kappa shape index (κ3) is 8.68. The first-order valence-corrected chi connectivity index (χ1v) is 13.4. The summed E-state index contributed by atoms with van der Waals surface area (Å²) in [5.41, 5.74) is 1.17. The van der Waals surface area contributed by atoms with Gasteiger partial charge in [0.15, 0.2) is 0 Å². The van der Waals surface area contributed by atoms with Crippen molar-refractivity contribution < 1.29 is 4.79 Å². The van der Waals surface area contributed by atoms with Gasteiger partial charge in [0.05, 0.1) is 5.03 Å². The molecule has 0 bridgehead atoms. The molecule has 0 saturated heterocycles. The minimum Gasteiger partial charge on any atom is -0.309 e. The summed E-state index contributed by atoms with van der Waals surface area (Å²) in [7, 11) is 0. The van der Waals surface area contributed by atoms with Gasteiger partial charge in [-0.3, -0.25) is 4.79 Å². The first kappa shape index (κ1) is 27.8. The van der Waals surface area contributed by atoms with Crippen LogP contribution in [0.15, 0.2) is 49.5 Å². The number of carbonyl (C=O) groups excluding carboxylic acids is 1. The molecule has 2 aromatic rings. The molecule has 0 N–H and O–H groups in total. The number of hydrogen-bond donors (Lipinski definition) is 0. The van der Waals surface area contributed by atoms with E-state index < -0.39 is 0 Å². The molecule has 170 valence electrons. The molecule has 31 heavy (non-hydrogen) atoms. The van der Waals surface area contributed by atoms with Crippen molar-refractivity contribution in [3.05, 3.63) is 60.2 Å². The second-order valence-corrected chi connectivity index (χ2v) is 10.3. The molecule has 0 fully saturated rings. The largest absolute Gasteiger partial charge is 0.309 e. The number of halogens is 1. The van der Waals surface area contributed by atoms with E-state index >= 15 is 0 Å². The van der Waals surface area contributed by atoms with Crippen molar-refractivity contribution in [2.24, 2.45) is 5.92 Å². The Hall–Kier alpha value is -1.21. The van der Waals surface area contributed by atoms with E-state index in [4.69, 9.17) is 11.6 Å². The van der Waals surface area contributed by atoms with Crippen molar-refractivity contribution in [3.8, 4) is 0 Å². The topological polar surface area (TPSA) is 33.2 Å². The average molecular weight is 497 g/mol. The number of allylic oxidation sites excluding steroid dienone is 2. The maximum atomic E-state index is 11.6. The van der Waals surface area contributed by atoms with Gasteiger partial charge in [0, 0.05) is 39.0 Å². The second kappa shape index (κ2) is 14.8. The summed E-state index contributed by atoms with van der Waals surface area (Å²) in [5, 5.41) is 4.49. The summed E-state index contributed by atoms with van der Waals surface area (Å²) in [6, 6.07) is 6.02. The van der Waals surface area contributed by atoms with Crippen LogP contribution in [-0.2, 0) is 4.79 Å². The van der Waals surface area contributed by atoms with Gasteiger partial charge in [0.25, 0.3) is 0 Å². The van der Waals surface area contributed by atoms with Crippen LogP contribution in [0.3, 0.4) is 0 Å². The molecule has 2 rings (SSSR count). The van der Waals surface area contributed by atoms with Crippen LogP contribution >= 0.6 is 46.5 Å².